The minimum Gasteiger partial charge on any atom is -0.493 e. The Morgan fingerprint density at radius 3 is 2.21 bits per heavy atom. The molecule has 0 saturated heterocycles. The van der Waals surface area contributed by atoms with Crippen molar-refractivity contribution in [2.24, 2.45) is 0 Å². The summed E-state index contributed by atoms with van der Waals surface area (Å²) in [6, 6.07) is 5.69. The Hall–Kier alpha value is -2.62. The van der Waals surface area contributed by atoms with Crippen molar-refractivity contribution in [2.75, 3.05) is 33.2 Å². The zero-order chi connectivity index (χ0) is 17.6. The van der Waals surface area contributed by atoms with Gasteiger partial charge in [-0.2, -0.15) is 5.26 Å². The normalized spacial score (nSPS) is 15.2. The molecule has 2 N–H and O–H groups in total. The summed E-state index contributed by atoms with van der Waals surface area (Å²) in [6.07, 6.45) is 3.35. The van der Waals surface area contributed by atoms with Crippen molar-refractivity contribution >= 4 is 11.6 Å². The van der Waals surface area contributed by atoms with Gasteiger partial charge in [0.2, 0.25) is 11.7 Å². The van der Waals surface area contributed by atoms with Crippen LogP contribution in [0.2, 0.25) is 0 Å². The maximum Gasteiger partial charge on any atom is 0.240 e. The van der Waals surface area contributed by atoms with E-state index in [1.807, 2.05) is 0 Å². The van der Waals surface area contributed by atoms with Gasteiger partial charge in [-0.25, -0.2) is 0 Å². The summed E-state index contributed by atoms with van der Waals surface area (Å²) in [5.74, 6) is 1.28. The van der Waals surface area contributed by atoms with Crippen molar-refractivity contribution in [2.45, 2.75) is 31.2 Å². The lowest BCUT2D eigenvalue weighted by Crippen LogP contribution is -2.47. The number of carbonyl (C=O) groups excluding carboxylic acids is 1. The second-order valence-electron chi connectivity index (χ2n) is 5.72. The van der Waals surface area contributed by atoms with E-state index in [-0.39, 0.29) is 12.5 Å². The van der Waals surface area contributed by atoms with Gasteiger partial charge in [0.25, 0.3) is 0 Å². The first kappa shape index (κ1) is 17.7. The predicted octanol–water partition coefficient (Wildman–Crippen LogP) is 2.08. The molecule has 7 nitrogen and oxygen atoms in total. The van der Waals surface area contributed by atoms with Crippen LogP contribution in [-0.4, -0.2) is 39.3 Å². The third-order valence-corrected chi connectivity index (χ3v) is 4.17. The van der Waals surface area contributed by atoms with Crippen molar-refractivity contribution in [3.63, 3.8) is 0 Å². The van der Waals surface area contributed by atoms with E-state index >= 15 is 0 Å². The van der Waals surface area contributed by atoms with E-state index in [9.17, 15) is 10.1 Å². The molecular formula is C17H23N3O4. The number of amides is 1. The minimum absolute atomic E-state index is 0.0576. The van der Waals surface area contributed by atoms with Gasteiger partial charge in [0.1, 0.15) is 5.54 Å². The topological polar surface area (TPSA) is 92.6 Å². The number of nitriles is 1. The summed E-state index contributed by atoms with van der Waals surface area (Å²) >= 11 is 0. The molecule has 0 unspecified atom stereocenters. The molecule has 1 aromatic rings. The summed E-state index contributed by atoms with van der Waals surface area (Å²) in [4.78, 5) is 12.2. The van der Waals surface area contributed by atoms with Gasteiger partial charge in [-0.05, 0) is 25.7 Å². The molecule has 0 atom stereocenters. The molecule has 0 heterocycles. The Bertz CT molecular complexity index is 608. The van der Waals surface area contributed by atoms with Crippen LogP contribution in [0.3, 0.4) is 0 Å². The Morgan fingerprint density at radius 2 is 1.75 bits per heavy atom. The number of hydrogen-bond donors (Lipinski definition) is 2. The molecule has 7 heteroatoms. The maximum absolute atomic E-state index is 12.2. The van der Waals surface area contributed by atoms with Gasteiger partial charge in [0, 0.05) is 17.8 Å². The SMILES string of the molecule is COc1cc(NCC(=O)NC2(C#N)CCCC2)cc(OC)c1OC. The molecule has 0 aliphatic heterocycles. The molecule has 1 amide bonds. The first-order valence-electron chi connectivity index (χ1n) is 7.83. The van der Waals surface area contributed by atoms with Gasteiger partial charge in [0.15, 0.2) is 11.5 Å². The largest absolute Gasteiger partial charge is 0.493 e. The molecule has 2 rings (SSSR count). The number of anilines is 1. The summed E-state index contributed by atoms with van der Waals surface area (Å²) in [6.45, 7) is 0.0576. The van der Waals surface area contributed by atoms with Crippen LogP contribution in [0.1, 0.15) is 25.7 Å². The Labute approximate surface area is 141 Å². The van der Waals surface area contributed by atoms with Gasteiger partial charge in [-0.1, -0.05) is 0 Å². The second-order valence-corrected chi connectivity index (χ2v) is 5.72. The molecule has 0 radical (unpaired) electrons. The highest BCUT2D eigenvalue weighted by Gasteiger charge is 2.35. The van der Waals surface area contributed by atoms with Crippen molar-refractivity contribution in [3.05, 3.63) is 12.1 Å². The van der Waals surface area contributed by atoms with Crippen molar-refractivity contribution in [1.82, 2.24) is 5.32 Å². The number of rotatable bonds is 7. The first-order valence-corrected chi connectivity index (χ1v) is 7.83. The van der Waals surface area contributed by atoms with Gasteiger partial charge >= 0.3 is 0 Å². The Kier molecular flexibility index (Phi) is 5.74. The third-order valence-electron chi connectivity index (χ3n) is 4.17. The number of carbonyl (C=O) groups is 1. The number of ether oxygens (including phenoxy) is 3. The molecule has 1 aliphatic rings. The number of hydrogen-bond acceptors (Lipinski definition) is 6. The fourth-order valence-corrected chi connectivity index (χ4v) is 2.92. The van der Waals surface area contributed by atoms with Crippen LogP contribution >= 0.6 is 0 Å². The summed E-state index contributed by atoms with van der Waals surface area (Å²) in [5, 5.41) is 15.2. The van der Waals surface area contributed by atoms with Crippen LogP contribution in [0.15, 0.2) is 12.1 Å². The summed E-state index contributed by atoms with van der Waals surface area (Å²) in [7, 11) is 4.60. The molecule has 0 bridgehead atoms. The minimum atomic E-state index is -0.714. The summed E-state index contributed by atoms with van der Waals surface area (Å²) in [5.41, 5.74) is -0.0503. The number of benzene rings is 1. The Morgan fingerprint density at radius 1 is 1.17 bits per heavy atom. The van der Waals surface area contributed by atoms with Gasteiger partial charge in [-0.3, -0.25) is 4.79 Å². The average Bonchev–Trinajstić information content (AvgIpc) is 3.07. The third kappa shape index (κ3) is 3.82. The van der Waals surface area contributed by atoms with Crippen LogP contribution in [0.4, 0.5) is 5.69 Å². The lowest BCUT2D eigenvalue weighted by atomic mass is 10.00. The molecule has 0 aromatic heterocycles. The van der Waals surface area contributed by atoms with Crippen molar-refractivity contribution in [1.29, 1.82) is 5.26 Å². The highest BCUT2D eigenvalue weighted by molar-refractivity contribution is 5.82. The molecular weight excluding hydrogens is 310 g/mol. The monoisotopic (exact) mass is 333 g/mol. The summed E-state index contributed by atoms with van der Waals surface area (Å²) < 4.78 is 15.8. The molecule has 1 saturated carbocycles. The van der Waals surface area contributed by atoms with Crippen LogP contribution in [0.5, 0.6) is 17.2 Å². The standard InChI is InChI=1S/C17H23N3O4/c1-22-13-8-12(9-14(23-2)16(13)24-3)19-10-15(21)20-17(11-18)6-4-5-7-17/h8-9,19H,4-7,10H2,1-3H3,(H,20,21). The second kappa shape index (κ2) is 7.77. The molecule has 1 aliphatic carbocycles. The van der Waals surface area contributed by atoms with Crippen LogP contribution in [0.25, 0.3) is 0 Å². The zero-order valence-electron chi connectivity index (χ0n) is 14.3. The zero-order valence-corrected chi connectivity index (χ0v) is 14.3. The average molecular weight is 333 g/mol. The first-order chi connectivity index (χ1) is 11.6. The van der Waals surface area contributed by atoms with E-state index in [0.717, 1.165) is 12.8 Å². The number of nitrogens with zero attached hydrogens (tertiary/aromatic N) is 1. The van der Waals surface area contributed by atoms with Gasteiger partial charge in [0.05, 0.1) is 33.9 Å². The van der Waals surface area contributed by atoms with E-state index in [1.165, 1.54) is 21.3 Å². The molecule has 0 spiro atoms. The lowest BCUT2D eigenvalue weighted by Gasteiger charge is -2.22. The predicted molar refractivity (Wildman–Crippen MR) is 89.5 cm³/mol. The lowest BCUT2D eigenvalue weighted by molar-refractivity contribution is -0.120. The smallest absolute Gasteiger partial charge is 0.240 e. The Balaban J connectivity index is 2.03. The number of nitrogens with one attached hydrogen (secondary N) is 2. The molecule has 1 aromatic carbocycles. The quantitative estimate of drug-likeness (QED) is 0.793. The van der Waals surface area contributed by atoms with E-state index in [4.69, 9.17) is 14.2 Å². The number of methoxy groups -OCH3 is 3. The van der Waals surface area contributed by atoms with Crippen LogP contribution in [-0.2, 0) is 4.79 Å². The van der Waals surface area contributed by atoms with Crippen LogP contribution in [0, 0.1) is 11.3 Å². The van der Waals surface area contributed by atoms with Crippen LogP contribution < -0.4 is 24.8 Å². The molecule has 130 valence electrons. The molecule has 24 heavy (non-hydrogen) atoms. The highest BCUT2D eigenvalue weighted by Crippen LogP contribution is 2.39. The fraction of sp³-hybridized carbons (Fsp3) is 0.529. The van der Waals surface area contributed by atoms with Gasteiger partial charge in [-0.15, -0.1) is 0 Å². The fourth-order valence-electron chi connectivity index (χ4n) is 2.92. The van der Waals surface area contributed by atoms with Crippen molar-refractivity contribution in [3.8, 4) is 23.3 Å². The van der Waals surface area contributed by atoms with E-state index in [2.05, 4.69) is 16.7 Å². The van der Waals surface area contributed by atoms with E-state index in [0.29, 0.717) is 35.8 Å². The molecule has 1 fully saturated rings. The van der Waals surface area contributed by atoms with E-state index < -0.39 is 5.54 Å². The van der Waals surface area contributed by atoms with Gasteiger partial charge < -0.3 is 24.8 Å². The highest BCUT2D eigenvalue weighted by atomic mass is 16.5. The van der Waals surface area contributed by atoms with Crippen molar-refractivity contribution < 1.29 is 19.0 Å². The maximum atomic E-state index is 12.2. The van der Waals surface area contributed by atoms with E-state index in [1.54, 1.807) is 12.1 Å².